The van der Waals surface area contributed by atoms with Crippen LogP contribution in [0.2, 0.25) is 0 Å². The van der Waals surface area contributed by atoms with E-state index in [9.17, 15) is 4.39 Å². The fourth-order valence-electron chi connectivity index (χ4n) is 5.29. The molecule has 0 radical (unpaired) electrons. The van der Waals surface area contributed by atoms with Crippen LogP contribution in [0.5, 0.6) is 0 Å². The van der Waals surface area contributed by atoms with Crippen LogP contribution in [-0.4, -0.2) is 66.8 Å². The van der Waals surface area contributed by atoms with Crippen LogP contribution in [0.15, 0.2) is 116 Å². The van der Waals surface area contributed by atoms with Crippen molar-refractivity contribution in [2.75, 3.05) is 0 Å². The number of carbonyl (C=O) groups excluding carboxylic acids is 12. The molecule has 0 fully saturated rings. The maximum absolute atomic E-state index is 12.8. The highest BCUT2D eigenvalue weighted by molar-refractivity contribution is 5.22. The van der Waals surface area contributed by atoms with E-state index < -0.39 is 0 Å². The summed E-state index contributed by atoms with van der Waals surface area (Å²) in [5.41, 5.74) is 11.2. The average Bonchev–Trinajstić information content (AvgIpc) is 3.37. The summed E-state index contributed by atoms with van der Waals surface area (Å²) in [6, 6.07) is 29.5. The van der Waals surface area contributed by atoms with Crippen molar-refractivity contribution in [3.05, 3.63) is 178 Å². The standard InChI is InChI=1S/4C9H13N.C8H10FN.C8H11N.6CO2/c1-7(2)9-6-8(3)4-5-10-9;1-7(2)9-8(3)5-4-6-10-9;2*1-7(2)9-6-4-5-8(3)10-9;1-6(2)8-7(9)4-3-5-10-8;1-7(2)8-5-3-4-6-9-8;6*2-1-3/h4*4-7H,1-3H3;3-6H,1-2H3;3-7H,1-2H3;;;;;;. The zero-order valence-corrected chi connectivity index (χ0v) is 46.9. The van der Waals surface area contributed by atoms with Crippen molar-refractivity contribution in [2.24, 2.45) is 0 Å². The largest absolute Gasteiger partial charge is 0.373 e. The SMILES string of the molecule is CC(C)c1ccccn1.CC(C)c1ncccc1F.Cc1cccc(C(C)C)n1.Cc1cccc(C(C)C)n1.Cc1cccnc1C(C)C.Cc1ccnc(C(C)C)c1.O=C=O.O=C=O.O=C=O.O=C=O.O=C=O.O=C=O. The Balaban J connectivity index is -0.000000185. The van der Waals surface area contributed by atoms with Gasteiger partial charge >= 0.3 is 36.9 Å². The van der Waals surface area contributed by atoms with Crippen LogP contribution in [0.4, 0.5) is 4.39 Å². The molecule has 6 aromatic rings. The maximum Gasteiger partial charge on any atom is 0.373 e. The van der Waals surface area contributed by atoms with Gasteiger partial charge in [-0.15, -0.1) is 0 Å². The minimum atomic E-state index is -0.211. The first-order valence-corrected chi connectivity index (χ1v) is 23.5. The van der Waals surface area contributed by atoms with Crippen molar-refractivity contribution in [3.63, 3.8) is 0 Å². The van der Waals surface area contributed by atoms with Gasteiger partial charge in [0, 0.05) is 64.6 Å². The highest BCUT2D eigenvalue weighted by Gasteiger charge is 2.05. The topological polar surface area (TPSA) is 282 Å². The number of aromatic nitrogens is 6. The Morgan fingerprint density at radius 2 is 0.675 bits per heavy atom. The second-order valence-electron chi connectivity index (χ2n) is 16.9. The predicted molar refractivity (Wildman–Crippen MR) is 279 cm³/mol. The first-order valence-electron chi connectivity index (χ1n) is 23.5. The first kappa shape index (κ1) is 79.5. The molecule has 6 aromatic heterocycles. The van der Waals surface area contributed by atoms with Crippen LogP contribution in [0.25, 0.3) is 0 Å². The summed E-state index contributed by atoms with van der Waals surface area (Å²) < 4.78 is 12.8. The zero-order chi connectivity index (χ0) is 60.7. The Morgan fingerprint density at radius 3 is 0.909 bits per heavy atom. The number of aryl methyl sites for hydroxylation is 4. The molecule has 0 aliphatic heterocycles. The van der Waals surface area contributed by atoms with Crippen LogP contribution in [-0.2, 0) is 57.5 Å². The van der Waals surface area contributed by atoms with Gasteiger partial charge in [-0.3, -0.25) is 29.9 Å². The van der Waals surface area contributed by atoms with E-state index in [-0.39, 0.29) is 48.6 Å². The minimum absolute atomic E-state index is 0.168. The number of rotatable bonds is 6. The van der Waals surface area contributed by atoms with Crippen molar-refractivity contribution in [1.29, 1.82) is 0 Å². The van der Waals surface area contributed by atoms with Gasteiger partial charge in [-0.1, -0.05) is 107 Å². The van der Waals surface area contributed by atoms with Crippen molar-refractivity contribution < 1.29 is 61.9 Å². The second kappa shape index (κ2) is 54.9. The van der Waals surface area contributed by atoms with Crippen LogP contribution in [0.1, 0.15) is 175 Å². The average molecular weight is 1070 g/mol. The molecule has 0 amide bonds. The summed E-state index contributed by atoms with van der Waals surface area (Å²) in [6.07, 6.45) is 8.65. The van der Waals surface area contributed by atoms with E-state index in [0.717, 1.165) is 17.1 Å². The number of hydrogen-bond acceptors (Lipinski definition) is 18. The third-order valence-corrected chi connectivity index (χ3v) is 8.74. The molecule has 0 N–H and O–H groups in total. The quantitative estimate of drug-likeness (QED) is 0.150. The van der Waals surface area contributed by atoms with Crippen molar-refractivity contribution in [3.8, 4) is 0 Å². The van der Waals surface area contributed by atoms with Gasteiger partial charge < -0.3 is 0 Å². The van der Waals surface area contributed by atoms with Crippen molar-refractivity contribution >= 4 is 36.9 Å². The van der Waals surface area contributed by atoms with Crippen LogP contribution in [0.3, 0.4) is 0 Å². The minimum Gasteiger partial charge on any atom is -0.261 e. The highest BCUT2D eigenvalue weighted by Crippen LogP contribution is 2.16. The first-order chi connectivity index (χ1) is 36.3. The van der Waals surface area contributed by atoms with Gasteiger partial charge in [0.2, 0.25) is 0 Å². The van der Waals surface area contributed by atoms with Crippen LogP contribution in [0, 0.1) is 33.5 Å². The lowest BCUT2D eigenvalue weighted by atomic mass is 10.1. The Morgan fingerprint density at radius 1 is 0.338 bits per heavy atom. The highest BCUT2D eigenvalue weighted by atomic mass is 19.1. The Kier molecular flexibility index (Phi) is 56.7. The van der Waals surface area contributed by atoms with E-state index in [0.29, 0.717) is 35.3 Å². The zero-order valence-electron chi connectivity index (χ0n) is 46.9. The summed E-state index contributed by atoms with van der Waals surface area (Å²) in [4.78, 5) is 123. The van der Waals surface area contributed by atoms with Gasteiger partial charge in [0.05, 0.1) is 5.69 Å². The van der Waals surface area contributed by atoms with Crippen LogP contribution >= 0.6 is 0 Å². The van der Waals surface area contributed by atoms with E-state index in [1.807, 2.05) is 88.8 Å². The fraction of sp³-hybridized carbons (Fsp3) is 0.379. The van der Waals surface area contributed by atoms with Gasteiger partial charge in [0.1, 0.15) is 5.82 Å². The van der Waals surface area contributed by atoms with E-state index >= 15 is 0 Å². The third kappa shape index (κ3) is 50.4. The Labute approximate surface area is 451 Å². The molecule has 0 saturated heterocycles. The number of halogens is 1. The van der Waals surface area contributed by atoms with Gasteiger partial charge in [-0.25, -0.2) is 4.39 Å². The van der Waals surface area contributed by atoms with E-state index in [1.165, 1.54) is 40.0 Å². The summed E-state index contributed by atoms with van der Waals surface area (Å²) in [5, 5.41) is 0. The lowest BCUT2D eigenvalue weighted by Gasteiger charge is -2.05. The molecule has 19 heteroatoms. The smallest absolute Gasteiger partial charge is 0.261 e. The molecule has 0 bridgehead atoms. The van der Waals surface area contributed by atoms with Gasteiger partial charge in [0.25, 0.3) is 0 Å². The lowest BCUT2D eigenvalue weighted by Crippen LogP contribution is -1.95. The van der Waals surface area contributed by atoms with E-state index in [2.05, 4.69) is 149 Å². The molecule has 0 atom stereocenters. The summed E-state index contributed by atoms with van der Waals surface area (Å²) in [5.74, 6) is 2.67. The Hall–Kier alpha value is -8.89. The summed E-state index contributed by atoms with van der Waals surface area (Å²) in [6.45, 7) is 33.6. The molecule has 0 saturated carbocycles. The van der Waals surface area contributed by atoms with Gasteiger partial charge in [-0.05, 0) is 141 Å². The molecule has 6 rings (SSSR count). The van der Waals surface area contributed by atoms with Gasteiger partial charge in [0.15, 0.2) is 0 Å². The molecule has 0 aliphatic carbocycles. The molecule has 0 unspecified atom stereocenters. The number of pyridine rings is 6. The molecule has 414 valence electrons. The molecule has 18 nitrogen and oxygen atoms in total. The Bertz CT molecular complexity index is 2370. The van der Waals surface area contributed by atoms with Crippen molar-refractivity contribution in [2.45, 2.75) is 146 Å². The van der Waals surface area contributed by atoms with E-state index in [4.69, 9.17) is 57.5 Å². The van der Waals surface area contributed by atoms with Crippen molar-refractivity contribution in [1.82, 2.24) is 29.9 Å². The lowest BCUT2D eigenvalue weighted by molar-refractivity contribution is -0.193. The molecule has 77 heavy (non-hydrogen) atoms. The molecule has 0 spiro atoms. The third-order valence-electron chi connectivity index (χ3n) is 8.74. The van der Waals surface area contributed by atoms with E-state index in [1.54, 1.807) is 12.3 Å². The molecule has 0 aromatic carbocycles. The molecule has 6 heterocycles. The summed E-state index contributed by atoms with van der Waals surface area (Å²) >= 11 is 0. The van der Waals surface area contributed by atoms with Gasteiger partial charge in [-0.2, -0.15) is 57.5 Å². The monoisotopic (exact) mass is 1060 g/mol. The summed E-state index contributed by atoms with van der Waals surface area (Å²) in [7, 11) is 0. The normalized spacial score (nSPS) is 8.56. The molecular formula is C58H73FN6O12. The van der Waals surface area contributed by atoms with Crippen LogP contribution < -0.4 is 0 Å². The number of nitrogens with zero attached hydrogens (tertiary/aromatic N) is 6. The maximum atomic E-state index is 12.8. The fourth-order valence-corrected chi connectivity index (χ4v) is 5.29. The predicted octanol–water partition coefficient (Wildman–Crippen LogP) is 11.1. The number of hydrogen-bond donors (Lipinski definition) is 0. The second-order valence-corrected chi connectivity index (χ2v) is 16.9. The molecular weight excluding hydrogens is 992 g/mol. The molecule has 0 aliphatic rings.